The monoisotopic (exact) mass is 248 g/mol. The lowest BCUT2D eigenvalue weighted by Crippen LogP contribution is -2.47. The van der Waals surface area contributed by atoms with Crippen LogP contribution in [0.3, 0.4) is 0 Å². The summed E-state index contributed by atoms with van der Waals surface area (Å²) in [6.07, 6.45) is 3.75. The lowest BCUT2D eigenvalue weighted by atomic mass is 9.93. The molecule has 2 heterocycles. The van der Waals surface area contributed by atoms with Gasteiger partial charge in [0.2, 0.25) is 0 Å². The average Bonchev–Trinajstić information content (AvgIpc) is 2.25. The number of hydrogen-bond acceptors (Lipinski definition) is 3. The van der Waals surface area contributed by atoms with Gasteiger partial charge in [-0.25, -0.2) is 0 Å². The number of ether oxygens (including phenoxy) is 1. The van der Waals surface area contributed by atoms with Crippen LogP contribution >= 0.6 is 12.4 Å². The Bertz CT molecular complexity index is 197. The molecule has 0 aliphatic carbocycles. The highest BCUT2D eigenvalue weighted by Crippen LogP contribution is 2.19. The van der Waals surface area contributed by atoms with Gasteiger partial charge in [-0.2, -0.15) is 0 Å². The normalized spacial score (nSPS) is 36.8. The van der Waals surface area contributed by atoms with Crippen molar-refractivity contribution in [2.45, 2.75) is 32.2 Å². The second-order valence-corrected chi connectivity index (χ2v) is 5.27. The van der Waals surface area contributed by atoms with Gasteiger partial charge in [-0.05, 0) is 37.6 Å². The molecule has 3 atom stereocenters. The van der Waals surface area contributed by atoms with Crippen LogP contribution in [0.1, 0.15) is 26.2 Å². The Morgan fingerprint density at radius 3 is 2.81 bits per heavy atom. The summed E-state index contributed by atoms with van der Waals surface area (Å²) in [7, 11) is 0. The van der Waals surface area contributed by atoms with Crippen LogP contribution in [0, 0.1) is 11.8 Å². The molecule has 0 spiro atoms. The third-order valence-corrected chi connectivity index (χ3v) is 3.83. The summed E-state index contributed by atoms with van der Waals surface area (Å²) in [6.45, 7) is 7.79. The summed E-state index contributed by atoms with van der Waals surface area (Å²) >= 11 is 0. The first kappa shape index (κ1) is 14.2. The summed E-state index contributed by atoms with van der Waals surface area (Å²) in [5, 5.41) is 0. The van der Waals surface area contributed by atoms with Gasteiger partial charge in [0.1, 0.15) is 0 Å². The van der Waals surface area contributed by atoms with E-state index in [-0.39, 0.29) is 12.4 Å². The minimum atomic E-state index is 0. The maximum atomic E-state index is 6.02. The fourth-order valence-corrected chi connectivity index (χ4v) is 2.73. The molecule has 16 heavy (non-hydrogen) atoms. The summed E-state index contributed by atoms with van der Waals surface area (Å²) < 4.78 is 5.52. The van der Waals surface area contributed by atoms with E-state index in [1.54, 1.807) is 0 Å². The van der Waals surface area contributed by atoms with Crippen LogP contribution in [0.5, 0.6) is 0 Å². The Balaban J connectivity index is 0.00000128. The lowest BCUT2D eigenvalue weighted by Gasteiger charge is -2.37. The van der Waals surface area contributed by atoms with Gasteiger partial charge in [0.15, 0.2) is 0 Å². The van der Waals surface area contributed by atoms with E-state index >= 15 is 0 Å². The van der Waals surface area contributed by atoms with Crippen LogP contribution in [-0.4, -0.2) is 43.8 Å². The van der Waals surface area contributed by atoms with Crippen LogP contribution < -0.4 is 5.73 Å². The first-order valence-corrected chi connectivity index (χ1v) is 6.31. The molecule has 3 nitrogen and oxygen atoms in total. The summed E-state index contributed by atoms with van der Waals surface area (Å²) in [4.78, 5) is 2.58. The number of nitrogens with zero attached hydrogens (tertiary/aromatic N) is 1. The molecule has 2 rings (SSSR count). The zero-order chi connectivity index (χ0) is 10.7. The first-order valence-electron chi connectivity index (χ1n) is 6.31. The maximum Gasteiger partial charge on any atom is 0.0506 e. The van der Waals surface area contributed by atoms with E-state index in [9.17, 15) is 0 Å². The highest BCUT2D eigenvalue weighted by atomic mass is 35.5. The number of halogens is 1. The number of piperidine rings is 1. The van der Waals surface area contributed by atoms with E-state index in [1.807, 2.05) is 0 Å². The molecule has 3 unspecified atom stereocenters. The molecule has 0 aromatic heterocycles. The number of nitrogens with two attached hydrogens (primary N) is 1. The molecular weight excluding hydrogens is 224 g/mol. The molecule has 2 fully saturated rings. The molecule has 96 valence electrons. The molecular formula is C12H25ClN2O. The minimum absolute atomic E-state index is 0. The fraction of sp³-hybridized carbons (Fsp3) is 1.00. The molecule has 2 N–H and O–H groups in total. The third kappa shape index (κ3) is 3.88. The van der Waals surface area contributed by atoms with Gasteiger partial charge in [0.05, 0.1) is 6.61 Å². The Labute approximate surface area is 105 Å². The van der Waals surface area contributed by atoms with Crippen molar-refractivity contribution in [3.63, 3.8) is 0 Å². The van der Waals surface area contributed by atoms with Crippen molar-refractivity contribution >= 4 is 12.4 Å². The van der Waals surface area contributed by atoms with Crippen LogP contribution in [0.15, 0.2) is 0 Å². The molecule has 0 aromatic rings. The number of hydrogen-bond donors (Lipinski definition) is 1. The van der Waals surface area contributed by atoms with Crippen LogP contribution in [-0.2, 0) is 4.74 Å². The second-order valence-electron chi connectivity index (χ2n) is 5.27. The van der Waals surface area contributed by atoms with Gasteiger partial charge in [-0.1, -0.05) is 6.92 Å². The molecule has 2 aliphatic heterocycles. The van der Waals surface area contributed by atoms with Crippen molar-refractivity contribution in [1.29, 1.82) is 0 Å². The predicted molar refractivity (Wildman–Crippen MR) is 69.0 cm³/mol. The number of rotatable bonds is 2. The molecule has 0 bridgehead atoms. The largest absolute Gasteiger partial charge is 0.381 e. The minimum Gasteiger partial charge on any atom is -0.381 e. The van der Waals surface area contributed by atoms with Gasteiger partial charge in [0, 0.05) is 25.7 Å². The zero-order valence-electron chi connectivity index (χ0n) is 10.2. The molecule has 4 heteroatoms. The van der Waals surface area contributed by atoms with E-state index in [1.165, 1.54) is 32.5 Å². The quantitative estimate of drug-likeness (QED) is 0.805. The maximum absolute atomic E-state index is 6.02. The van der Waals surface area contributed by atoms with E-state index in [4.69, 9.17) is 10.5 Å². The average molecular weight is 249 g/mol. The molecule has 0 amide bonds. The van der Waals surface area contributed by atoms with E-state index in [2.05, 4.69) is 11.8 Å². The molecule has 0 saturated carbocycles. The van der Waals surface area contributed by atoms with Gasteiger partial charge in [0.25, 0.3) is 0 Å². The van der Waals surface area contributed by atoms with Gasteiger partial charge in [-0.3, -0.25) is 0 Å². The van der Waals surface area contributed by atoms with Gasteiger partial charge in [-0.15, -0.1) is 12.4 Å². The first-order chi connectivity index (χ1) is 7.25. The highest BCUT2D eigenvalue weighted by Gasteiger charge is 2.25. The van der Waals surface area contributed by atoms with Gasteiger partial charge >= 0.3 is 0 Å². The predicted octanol–water partition coefficient (Wildman–Crippen LogP) is 1.50. The van der Waals surface area contributed by atoms with Gasteiger partial charge < -0.3 is 15.4 Å². The Kier molecular flexibility index (Phi) is 6.05. The second kappa shape index (κ2) is 6.80. The summed E-state index contributed by atoms with van der Waals surface area (Å²) in [5.41, 5.74) is 6.02. The summed E-state index contributed by atoms with van der Waals surface area (Å²) in [5.74, 6) is 1.42. The van der Waals surface area contributed by atoms with Crippen LogP contribution in [0.25, 0.3) is 0 Å². The molecule has 0 radical (unpaired) electrons. The van der Waals surface area contributed by atoms with Crippen molar-refractivity contribution in [1.82, 2.24) is 4.90 Å². The molecule has 2 aliphatic rings. The lowest BCUT2D eigenvalue weighted by molar-refractivity contribution is 0.0303. The van der Waals surface area contributed by atoms with Crippen molar-refractivity contribution in [3.8, 4) is 0 Å². The Morgan fingerprint density at radius 2 is 2.19 bits per heavy atom. The van der Waals surface area contributed by atoms with Crippen molar-refractivity contribution in [2.75, 3.05) is 32.8 Å². The van der Waals surface area contributed by atoms with Crippen molar-refractivity contribution in [2.24, 2.45) is 17.6 Å². The highest BCUT2D eigenvalue weighted by molar-refractivity contribution is 5.85. The van der Waals surface area contributed by atoms with Crippen LogP contribution in [0.4, 0.5) is 0 Å². The van der Waals surface area contributed by atoms with Crippen molar-refractivity contribution < 1.29 is 4.74 Å². The molecule has 0 aromatic carbocycles. The number of likely N-dealkylation sites (tertiary alicyclic amines) is 1. The Morgan fingerprint density at radius 1 is 1.38 bits per heavy atom. The standard InChI is InChI=1S/C12H24N2O.ClH/c1-10-7-14(5-4-12(10)13)8-11-3-2-6-15-9-11;/h10-12H,2-9,13H2,1H3;1H. The summed E-state index contributed by atoms with van der Waals surface area (Å²) in [6, 6.07) is 0.420. The van der Waals surface area contributed by atoms with E-state index in [0.29, 0.717) is 12.0 Å². The molecule has 2 saturated heterocycles. The fourth-order valence-electron chi connectivity index (χ4n) is 2.73. The smallest absolute Gasteiger partial charge is 0.0506 e. The Hall–Kier alpha value is 0.170. The van der Waals surface area contributed by atoms with Crippen LogP contribution in [0.2, 0.25) is 0 Å². The van der Waals surface area contributed by atoms with Crippen molar-refractivity contribution in [3.05, 3.63) is 0 Å². The topological polar surface area (TPSA) is 38.5 Å². The third-order valence-electron chi connectivity index (χ3n) is 3.83. The van der Waals surface area contributed by atoms with E-state index < -0.39 is 0 Å². The zero-order valence-corrected chi connectivity index (χ0v) is 11.0. The van der Waals surface area contributed by atoms with E-state index in [0.717, 1.165) is 25.6 Å². The SMILES string of the molecule is CC1CN(CC2CCCOC2)CCC1N.Cl.